The lowest BCUT2D eigenvalue weighted by molar-refractivity contribution is -0.188. The van der Waals surface area contributed by atoms with Crippen LogP contribution in [0.3, 0.4) is 0 Å². The summed E-state index contributed by atoms with van der Waals surface area (Å²) in [6.45, 7) is 9.63. The molecule has 7 rings (SSSR count). The molecule has 1 N–H and O–H groups in total. The van der Waals surface area contributed by atoms with Gasteiger partial charge < -0.3 is 19.7 Å². The molecular formula is C39H54N6O2. The largest absolute Gasteiger partial charge is 0.349 e. The van der Waals surface area contributed by atoms with Crippen LogP contribution in [0.2, 0.25) is 0 Å². The van der Waals surface area contributed by atoms with Crippen LogP contribution in [-0.4, -0.2) is 80.9 Å². The fourth-order valence-corrected chi connectivity index (χ4v) is 10.1. The van der Waals surface area contributed by atoms with Gasteiger partial charge in [0, 0.05) is 68.5 Å². The van der Waals surface area contributed by atoms with E-state index in [2.05, 4.69) is 61.7 Å². The van der Waals surface area contributed by atoms with Crippen molar-refractivity contribution in [1.29, 1.82) is 0 Å². The Labute approximate surface area is 281 Å². The first kappa shape index (κ1) is 32.4. The maximum absolute atomic E-state index is 13.5. The van der Waals surface area contributed by atoms with Gasteiger partial charge in [-0.05, 0) is 95.8 Å². The molecule has 3 aliphatic heterocycles. The molecule has 5 atom stereocenters. The molecule has 47 heavy (non-hydrogen) atoms. The van der Waals surface area contributed by atoms with Crippen LogP contribution in [0.4, 0.5) is 0 Å². The molecule has 5 unspecified atom stereocenters. The monoisotopic (exact) mass is 638 g/mol. The lowest BCUT2D eigenvalue weighted by Gasteiger charge is -2.68. The number of piperidine rings is 2. The maximum Gasteiger partial charge on any atom is 0.223 e. The molecule has 2 amide bonds. The molecule has 4 fully saturated rings. The topological polar surface area (TPSA) is 73.7 Å². The summed E-state index contributed by atoms with van der Waals surface area (Å²) in [6.07, 6.45) is 18.4. The molecule has 2 saturated carbocycles. The quantitative estimate of drug-likeness (QED) is 0.249. The Morgan fingerprint density at radius 2 is 1.89 bits per heavy atom. The number of aromatic nitrogens is 2. The third-order valence-electron chi connectivity index (χ3n) is 12.5. The van der Waals surface area contributed by atoms with Gasteiger partial charge in [-0.15, -0.1) is 12.3 Å². The number of rotatable bonds is 12. The Morgan fingerprint density at radius 3 is 2.62 bits per heavy atom. The Morgan fingerprint density at radius 1 is 1.09 bits per heavy atom. The number of aryl methyl sites for hydroxylation is 1. The molecule has 1 spiro atoms. The second-order valence-corrected chi connectivity index (χ2v) is 15.2. The van der Waals surface area contributed by atoms with E-state index in [0.29, 0.717) is 48.3 Å². The van der Waals surface area contributed by atoms with Gasteiger partial charge in [0.25, 0.3) is 0 Å². The van der Waals surface area contributed by atoms with Crippen molar-refractivity contribution >= 4 is 11.8 Å². The van der Waals surface area contributed by atoms with Gasteiger partial charge in [-0.3, -0.25) is 14.5 Å². The Hall–Kier alpha value is -3.15. The average Bonchev–Trinajstić information content (AvgIpc) is 3.61. The Balaban J connectivity index is 0.937. The van der Waals surface area contributed by atoms with E-state index in [1.165, 1.54) is 43.4 Å². The zero-order valence-corrected chi connectivity index (χ0v) is 28.6. The fraction of sp³-hybridized carbons (Fsp3) is 0.667. The van der Waals surface area contributed by atoms with Gasteiger partial charge in [0.2, 0.25) is 11.8 Å². The number of amides is 2. The van der Waals surface area contributed by atoms with Crippen LogP contribution in [0.25, 0.3) is 0 Å². The summed E-state index contributed by atoms with van der Waals surface area (Å²) in [5.74, 6) is 4.71. The van der Waals surface area contributed by atoms with E-state index in [1.54, 1.807) is 6.92 Å². The number of likely N-dealkylation sites (tertiary alicyclic amines) is 2. The van der Waals surface area contributed by atoms with Crippen molar-refractivity contribution in [2.45, 2.75) is 122 Å². The zero-order valence-electron chi connectivity index (χ0n) is 28.6. The minimum absolute atomic E-state index is 0.0332. The predicted molar refractivity (Wildman–Crippen MR) is 184 cm³/mol. The normalized spacial score (nSPS) is 27.9. The SMILES string of the molecule is C#CCCCCN1CCC(CC(=O)N2CCc3c(nc(C)n3C3CC4N(CCC(NC(C)=O)c5ccccc5)C5CCC54C3)C2)CC1. The molecule has 8 heteroatoms. The molecule has 0 bridgehead atoms. The van der Waals surface area contributed by atoms with Crippen LogP contribution < -0.4 is 5.32 Å². The molecule has 5 aliphatic rings. The van der Waals surface area contributed by atoms with E-state index in [0.717, 1.165) is 82.8 Å². The molecule has 1 aromatic heterocycles. The number of benzene rings is 1. The number of unbranched alkanes of at least 4 members (excludes halogenated alkanes) is 2. The summed E-state index contributed by atoms with van der Waals surface area (Å²) in [6, 6.07) is 12.3. The van der Waals surface area contributed by atoms with Crippen molar-refractivity contribution < 1.29 is 9.59 Å². The van der Waals surface area contributed by atoms with E-state index in [9.17, 15) is 9.59 Å². The third kappa shape index (κ3) is 6.38. The van der Waals surface area contributed by atoms with Gasteiger partial charge >= 0.3 is 0 Å². The molecule has 8 nitrogen and oxygen atoms in total. The third-order valence-corrected chi connectivity index (χ3v) is 12.5. The molecule has 2 saturated heterocycles. The van der Waals surface area contributed by atoms with Gasteiger partial charge in [-0.2, -0.15) is 0 Å². The fourth-order valence-electron chi connectivity index (χ4n) is 10.1. The van der Waals surface area contributed by atoms with Crippen molar-refractivity contribution in [2.75, 3.05) is 32.7 Å². The standard InChI is InChI=1S/C39H54N6O2/c1-4-5-6-10-19-42-20-14-30(15-21-42)24-38(47)43-22-17-35-34(27-43)40-28(2)45(35)32-25-37-39(26-32)18-13-36(39)44(37)23-16-33(41-29(3)46)31-11-8-7-9-12-31/h1,7-9,11-12,30,32-33,36-37H,5-6,10,13-27H2,2-3H3,(H,41,46). The number of nitrogens with zero attached hydrogens (tertiary/aromatic N) is 5. The second-order valence-electron chi connectivity index (χ2n) is 15.2. The van der Waals surface area contributed by atoms with Crippen LogP contribution in [-0.2, 0) is 22.6 Å². The molecule has 0 radical (unpaired) electrons. The molecule has 2 aliphatic carbocycles. The summed E-state index contributed by atoms with van der Waals surface area (Å²) in [4.78, 5) is 38.0. The summed E-state index contributed by atoms with van der Waals surface area (Å²) in [5, 5.41) is 3.21. The number of hydrogen-bond acceptors (Lipinski definition) is 5. The maximum atomic E-state index is 13.5. The summed E-state index contributed by atoms with van der Waals surface area (Å²) in [7, 11) is 0. The van der Waals surface area contributed by atoms with E-state index >= 15 is 0 Å². The van der Waals surface area contributed by atoms with Crippen LogP contribution in [0.15, 0.2) is 30.3 Å². The van der Waals surface area contributed by atoms with Gasteiger partial charge in [0.1, 0.15) is 5.82 Å². The number of carbonyl (C=O) groups is 2. The van der Waals surface area contributed by atoms with E-state index in [1.807, 2.05) is 6.07 Å². The number of carbonyl (C=O) groups excluding carboxylic acids is 2. The number of nitrogens with one attached hydrogen (secondary N) is 1. The molecule has 252 valence electrons. The Bertz CT molecular complexity index is 1470. The highest BCUT2D eigenvalue weighted by atomic mass is 16.2. The minimum atomic E-state index is 0.0332. The van der Waals surface area contributed by atoms with Crippen molar-refractivity contribution in [2.24, 2.45) is 11.3 Å². The molecular weight excluding hydrogens is 584 g/mol. The number of imidazole rings is 1. The van der Waals surface area contributed by atoms with Crippen molar-refractivity contribution in [1.82, 2.24) is 29.6 Å². The molecule has 1 aromatic carbocycles. The first-order valence-corrected chi connectivity index (χ1v) is 18.4. The van der Waals surface area contributed by atoms with Crippen molar-refractivity contribution in [3.05, 3.63) is 53.1 Å². The van der Waals surface area contributed by atoms with Gasteiger partial charge in [-0.1, -0.05) is 30.3 Å². The minimum Gasteiger partial charge on any atom is -0.349 e. The van der Waals surface area contributed by atoms with E-state index in [-0.39, 0.29) is 11.9 Å². The summed E-state index contributed by atoms with van der Waals surface area (Å²) < 4.78 is 2.58. The van der Waals surface area contributed by atoms with Gasteiger partial charge in [0.05, 0.1) is 18.3 Å². The average molecular weight is 639 g/mol. The highest BCUT2D eigenvalue weighted by molar-refractivity contribution is 5.76. The van der Waals surface area contributed by atoms with Gasteiger partial charge in [-0.25, -0.2) is 4.98 Å². The predicted octanol–water partition coefficient (Wildman–Crippen LogP) is 5.42. The van der Waals surface area contributed by atoms with Crippen LogP contribution in [0.5, 0.6) is 0 Å². The number of hydrogen-bond donors (Lipinski definition) is 1. The molecule has 4 heterocycles. The highest BCUT2D eigenvalue weighted by Gasteiger charge is 2.69. The number of terminal acetylenes is 1. The summed E-state index contributed by atoms with van der Waals surface area (Å²) in [5.41, 5.74) is 4.15. The number of fused-ring (bicyclic) bond motifs is 1. The lowest BCUT2D eigenvalue weighted by Crippen LogP contribution is -2.74. The second kappa shape index (κ2) is 13.8. The highest BCUT2D eigenvalue weighted by Crippen LogP contribution is 2.67. The molecule has 2 aromatic rings. The van der Waals surface area contributed by atoms with E-state index in [4.69, 9.17) is 11.4 Å². The Kier molecular flexibility index (Phi) is 9.49. The van der Waals surface area contributed by atoms with Crippen LogP contribution >= 0.6 is 0 Å². The first-order chi connectivity index (χ1) is 22.9. The lowest BCUT2D eigenvalue weighted by atomic mass is 9.53. The first-order valence-electron chi connectivity index (χ1n) is 18.4. The van der Waals surface area contributed by atoms with Gasteiger partial charge in [0.15, 0.2) is 0 Å². The smallest absolute Gasteiger partial charge is 0.223 e. The van der Waals surface area contributed by atoms with Crippen LogP contribution in [0.1, 0.15) is 112 Å². The van der Waals surface area contributed by atoms with Crippen LogP contribution in [0, 0.1) is 30.6 Å². The van der Waals surface area contributed by atoms with Crippen molar-refractivity contribution in [3.63, 3.8) is 0 Å². The zero-order chi connectivity index (χ0) is 32.5. The van der Waals surface area contributed by atoms with E-state index < -0.39 is 0 Å². The summed E-state index contributed by atoms with van der Waals surface area (Å²) >= 11 is 0. The van der Waals surface area contributed by atoms with Crippen molar-refractivity contribution in [3.8, 4) is 12.3 Å².